The summed E-state index contributed by atoms with van der Waals surface area (Å²) in [5.41, 5.74) is 6.57. The Balaban J connectivity index is 2.32. The molecule has 0 radical (unpaired) electrons. The highest BCUT2D eigenvalue weighted by Crippen LogP contribution is 2.27. The SMILES string of the molecule is CCN(CCCN)c1ncnc2ccsc12. The van der Waals surface area contributed by atoms with Crippen molar-refractivity contribution in [1.82, 2.24) is 9.97 Å². The number of nitrogens with two attached hydrogens (primary N) is 1. The Bertz CT molecular complexity index is 454. The Morgan fingerprint density at radius 1 is 1.44 bits per heavy atom. The third-order valence-electron chi connectivity index (χ3n) is 2.54. The van der Waals surface area contributed by atoms with Gasteiger partial charge in [0, 0.05) is 13.1 Å². The third-order valence-corrected chi connectivity index (χ3v) is 3.44. The van der Waals surface area contributed by atoms with Gasteiger partial charge in [0.2, 0.25) is 0 Å². The van der Waals surface area contributed by atoms with E-state index in [9.17, 15) is 0 Å². The number of anilines is 1. The van der Waals surface area contributed by atoms with E-state index in [1.807, 2.05) is 6.07 Å². The van der Waals surface area contributed by atoms with Crippen LogP contribution < -0.4 is 10.6 Å². The van der Waals surface area contributed by atoms with Crippen LogP contribution in [0.4, 0.5) is 5.82 Å². The summed E-state index contributed by atoms with van der Waals surface area (Å²) < 4.78 is 1.17. The van der Waals surface area contributed by atoms with Crippen LogP contribution in [0, 0.1) is 0 Å². The van der Waals surface area contributed by atoms with Crippen molar-refractivity contribution in [3.05, 3.63) is 17.8 Å². The summed E-state index contributed by atoms with van der Waals surface area (Å²) in [6.45, 7) is 4.76. The molecule has 0 fully saturated rings. The maximum Gasteiger partial charge on any atom is 0.150 e. The van der Waals surface area contributed by atoms with E-state index in [0.717, 1.165) is 37.4 Å². The Morgan fingerprint density at radius 3 is 3.06 bits per heavy atom. The molecule has 86 valence electrons. The van der Waals surface area contributed by atoms with Gasteiger partial charge in [-0.15, -0.1) is 11.3 Å². The maximum absolute atomic E-state index is 5.55. The minimum absolute atomic E-state index is 0.717. The summed E-state index contributed by atoms with van der Waals surface area (Å²) in [6.07, 6.45) is 2.63. The molecule has 2 aromatic heterocycles. The summed E-state index contributed by atoms with van der Waals surface area (Å²) in [5, 5.41) is 2.06. The fraction of sp³-hybridized carbons (Fsp3) is 0.455. The van der Waals surface area contributed by atoms with Crippen LogP contribution in [0.15, 0.2) is 17.8 Å². The largest absolute Gasteiger partial charge is 0.356 e. The molecule has 0 aromatic carbocycles. The van der Waals surface area contributed by atoms with Gasteiger partial charge in [0.1, 0.15) is 12.1 Å². The Kier molecular flexibility index (Phi) is 3.69. The van der Waals surface area contributed by atoms with Crippen molar-refractivity contribution < 1.29 is 0 Å². The van der Waals surface area contributed by atoms with E-state index in [4.69, 9.17) is 5.73 Å². The highest BCUT2D eigenvalue weighted by atomic mass is 32.1. The van der Waals surface area contributed by atoms with Crippen LogP contribution in [0.25, 0.3) is 10.2 Å². The van der Waals surface area contributed by atoms with Crippen molar-refractivity contribution in [2.45, 2.75) is 13.3 Å². The molecule has 0 aliphatic rings. The predicted molar refractivity (Wildman–Crippen MR) is 69.0 cm³/mol. The Morgan fingerprint density at radius 2 is 2.31 bits per heavy atom. The van der Waals surface area contributed by atoms with Crippen LogP contribution in [0.1, 0.15) is 13.3 Å². The molecule has 0 bridgehead atoms. The van der Waals surface area contributed by atoms with Gasteiger partial charge in [-0.05, 0) is 31.3 Å². The van der Waals surface area contributed by atoms with Gasteiger partial charge in [0.15, 0.2) is 0 Å². The Hall–Kier alpha value is -1.20. The molecular formula is C11H16N4S. The number of thiophene rings is 1. The number of fused-ring (bicyclic) bond motifs is 1. The summed E-state index contributed by atoms with van der Waals surface area (Å²) in [4.78, 5) is 10.9. The van der Waals surface area contributed by atoms with Crippen molar-refractivity contribution in [1.29, 1.82) is 0 Å². The molecule has 0 unspecified atom stereocenters. The second-order valence-electron chi connectivity index (χ2n) is 3.55. The molecule has 0 spiro atoms. The fourth-order valence-electron chi connectivity index (χ4n) is 1.70. The van der Waals surface area contributed by atoms with Crippen molar-refractivity contribution in [3.8, 4) is 0 Å². The van der Waals surface area contributed by atoms with Crippen LogP contribution in [-0.2, 0) is 0 Å². The number of hydrogen-bond donors (Lipinski definition) is 1. The molecule has 2 aromatic rings. The Labute approximate surface area is 99.1 Å². The van der Waals surface area contributed by atoms with Crippen molar-refractivity contribution in [3.63, 3.8) is 0 Å². The van der Waals surface area contributed by atoms with Crippen LogP contribution in [0.3, 0.4) is 0 Å². The monoisotopic (exact) mass is 236 g/mol. The molecule has 2 heterocycles. The highest BCUT2D eigenvalue weighted by Gasteiger charge is 2.10. The molecule has 2 N–H and O–H groups in total. The van der Waals surface area contributed by atoms with Gasteiger partial charge in [-0.2, -0.15) is 0 Å². The molecular weight excluding hydrogens is 220 g/mol. The molecule has 0 atom stereocenters. The van der Waals surface area contributed by atoms with Crippen LogP contribution in [0.2, 0.25) is 0 Å². The molecule has 4 nitrogen and oxygen atoms in total. The molecule has 0 aliphatic heterocycles. The van der Waals surface area contributed by atoms with Crippen molar-refractivity contribution in [2.75, 3.05) is 24.5 Å². The van der Waals surface area contributed by atoms with Crippen LogP contribution in [-0.4, -0.2) is 29.6 Å². The first kappa shape index (κ1) is 11.3. The average molecular weight is 236 g/mol. The van der Waals surface area contributed by atoms with E-state index in [-0.39, 0.29) is 0 Å². The zero-order valence-corrected chi connectivity index (χ0v) is 10.2. The molecule has 0 aliphatic carbocycles. The van der Waals surface area contributed by atoms with Crippen LogP contribution >= 0.6 is 11.3 Å². The van der Waals surface area contributed by atoms with Gasteiger partial charge in [-0.1, -0.05) is 0 Å². The zero-order valence-electron chi connectivity index (χ0n) is 9.39. The minimum atomic E-state index is 0.717. The lowest BCUT2D eigenvalue weighted by atomic mass is 10.3. The third kappa shape index (κ3) is 2.15. The normalized spacial score (nSPS) is 10.9. The number of hydrogen-bond acceptors (Lipinski definition) is 5. The maximum atomic E-state index is 5.55. The minimum Gasteiger partial charge on any atom is -0.356 e. The molecule has 0 saturated heterocycles. The molecule has 16 heavy (non-hydrogen) atoms. The van der Waals surface area contributed by atoms with Crippen molar-refractivity contribution >= 4 is 27.4 Å². The molecule has 0 saturated carbocycles. The van der Waals surface area contributed by atoms with E-state index in [1.165, 1.54) is 4.70 Å². The second kappa shape index (κ2) is 5.23. The standard InChI is InChI=1S/C11H16N4S/c1-2-15(6-3-5-12)11-10-9(4-7-16-10)13-8-14-11/h4,7-8H,2-3,5-6,12H2,1H3. The second-order valence-corrected chi connectivity index (χ2v) is 4.47. The molecule has 2 rings (SSSR count). The van der Waals surface area contributed by atoms with Crippen molar-refractivity contribution in [2.24, 2.45) is 5.73 Å². The van der Waals surface area contributed by atoms with E-state index in [0.29, 0.717) is 0 Å². The van der Waals surface area contributed by atoms with E-state index in [1.54, 1.807) is 17.7 Å². The molecule has 5 heteroatoms. The van der Waals surface area contributed by atoms with E-state index >= 15 is 0 Å². The number of aromatic nitrogens is 2. The highest BCUT2D eigenvalue weighted by molar-refractivity contribution is 7.17. The van der Waals surface area contributed by atoms with Gasteiger partial charge >= 0.3 is 0 Å². The summed E-state index contributed by atoms with van der Waals surface area (Å²) in [5.74, 6) is 1.04. The van der Waals surface area contributed by atoms with E-state index < -0.39 is 0 Å². The first-order chi connectivity index (χ1) is 7.86. The first-order valence-electron chi connectivity index (χ1n) is 5.50. The van der Waals surface area contributed by atoms with Gasteiger partial charge in [-0.3, -0.25) is 0 Å². The quantitative estimate of drug-likeness (QED) is 0.861. The van der Waals surface area contributed by atoms with Gasteiger partial charge < -0.3 is 10.6 Å². The lowest BCUT2D eigenvalue weighted by Crippen LogP contribution is -2.26. The lowest BCUT2D eigenvalue weighted by Gasteiger charge is -2.21. The zero-order chi connectivity index (χ0) is 11.4. The summed E-state index contributed by atoms with van der Waals surface area (Å²) in [6, 6.07) is 2.03. The smallest absolute Gasteiger partial charge is 0.150 e. The number of nitrogens with zero attached hydrogens (tertiary/aromatic N) is 3. The summed E-state index contributed by atoms with van der Waals surface area (Å²) >= 11 is 1.69. The number of rotatable bonds is 5. The average Bonchev–Trinajstić information content (AvgIpc) is 2.78. The van der Waals surface area contributed by atoms with Gasteiger partial charge in [-0.25, -0.2) is 9.97 Å². The lowest BCUT2D eigenvalue weighted by molar-refractivity contribution is 0.747. The predicted octanol–water partition coefficient (Wildman–Crippen LogP) is 1.87. The molecule has 0 amide bonds. The first-order valence-corrected chi connectivity index (χ1v) is 6.38. The van der Waals surface area contributed by atoms with E-state index in [2.05, 4.69) is 27.2 Å². The van der Waals surface area contributed by atoms with Gasteiger partial charge in [0.05, 0.1) is 10.2 Å². The summed E-state index contributed by atoms with van der Waals surface area (Å²) in [7, 11) is 0. The topological polar surface area (TPSA) is 55.0 Å². The van der Waals surface area contributed by atoms with Crippen LogP contribution in [0.5, 0.6) is 0 Å². The fourth-order valence-corrected chi connectivity index (χ4v) is 2.56. The van der Waals surface area contributed by atoms with Gasteiger partial charge in [0.25, 0.3) is 0 Å².